The van der Waals surface area contributed by atoms with Gasteiger partial charge in [-0.15, -0.1) is 0 Å². The van der Waals surface area contributed by atoms with Crippen molar-refractivity contribution in [2.24, 2.45) is 11.1 Å². The van der Waals surface area contributed by atoms with E-state index < -0.39 is 20.2 Å². The third-order valence-electron chi connectivity index (χ3n) is 2.24. The van der Waals surface area contributed by atoms with Gasteiger partial charge in [0.15, 0.2) is 0 Å². The summed E-state index contributed by atoms with van der Waals surface area (Å²) in [5, 5.41) is 7.30. The smallest absolute Gasteiger partial charge is 0.216 e. The second-order valence-electron chi connectivity index (χ2n) is 5.23. The lowest BCUT2D eigenvalue weighted by atomic mass is 9.93. The first-order valence-corrected chi connectivity index (χ1v) is 6.22. The molecule has 0 aromatic rings. The minimum Gasteiger partial charge on any atom is -0.387 e. The predicted molar refractivity (Wildman–Crippen MR) is 62.4 cm³/mol. The number of sulfonamides is 1. The van der Waals surface area contributed by atoms with Crippen LogP contribution in [0.1, 0.15) is 34.6 Å². The zero-order valence-electron chi connectivity index (χ0n) is 10.0. The first-order valence-electron chi connectivity index (χ1n) is 4.74. The van der Waals surface area contributed by atoms with E-state index in [2.05, 4.69) is 4.72 Å². The highest BCUT2D eigenvalue weighted by molar-refractivity contribution is 7.90. The van der Waals surface area contributed by atoms with E-state index in [0.717, 1.165) is 0 Å². The second kappa shape index (κ2) is 4.09. The summed E-state index contributed by atoms with van der Waals surface area (Å²) in [4.78, 5) is 0. The Bertz CT molecular complexity index is 339. The van der Waals surface area contributed by atoms with Crippen molar-refractivity contribution in [3.8, 4) is 0 Å². The fourth-order valence-corrected chi connectivity index (χ4v) is 1.57. The van der Waals surface area contributed by atoms with Gasteiger partial charge in [-0.3, -0.25) is 5.41 Å². The molecular formula is C9H21N3O2S. The zero-order valence-corrected chi connectivity index (χ0v) is 10.8. The Morgan fingerprint density at radius 1 is 1.27 bits per heavy atom. The lowest BCUT2D eigenvalue weighted by molar-refractivity contribution is 0.482. The van der Waals surface area contributed by atoms with Gasteiger partial charge in [0.1, 0.15) is 0 Å². The molecular weight excluding hydrogens is 214 g/mol. The van der Waals surface area contributed by atoms with E-state index in [9.17, 15) is 8.42 Å². The number of amidine groups is 1. The summed E-state index contributed by atoms with van der Waals surface area (Å²) in [6.07, 6.45) is 0. The molecule has 0 saturated carbocycles. The Hall–Kier alpha value is -0.620. The summed E-state index contributed by atoms with van der Waals surface area (Å²) in [6, 6.07) is 0. The van der Waals surface area contributed by atoms with Gasteiger partial charge < -0.3 is 5.73 Å². The molecule has 0 atom stereocenters. The maximum Gasteiger partial charge on any atom is 0.216 e. The molecule has 0 bridgehead atoms. The fraction of sp³-hybridized carbons (Fsp3) is 0.889. The first-order chi connectivity index (χ1) is 6.40. The van der Waals surface area contributed by atoms with Crippen LogP contribution in [0.2, 0.25) is 0 Å². The lowest BCUT2D eigenvalue weighted by Crippen LogP contribution is -2.46. The van der Waals surface area contributed by atoms with Gasteiger partial charge in [-0.2, -0.15) is 0 Å². The summed E-state index contributed by atoms with van der Waals surface area (Å²) in [5.41, 5.74) is 4.70. The second-order valence-corrected chi connectivity index (χ2v) is 7.75. The van der Waals surface area contributed by atoms with Gasteiger partial charge in [0.2, 0.25) is 10.0 Å². The van der Waals surface area contributed by atoms with Gasteiger partial charge in [0, 0.05) is 12.0 Å². The van der Waals surface area contributed by atoms with Gasteiger partial charge >= 0.3 is 0 Å². The summed E-state index contributed by atoms with van der Waals surface area (Å²) in [6.45, 7) is 8.45. The molecule has 0 fully saturated rings. The normalized spacial score (nSPS) is 13.9. The Balaban J connectivity index is 4.62. The molecule has 4 N–H and O–H groups in total. The minimum absolute atomic E-state index is 0.0286. The van der Waals surface area contributed by atoms with Crippen LogP contribution < -0.4 is 10.5 Å². The number of nitrogens with one attached hydrogen (secondary N) is 2. The summed E-state index contributed by atoms with van der Waals surface area (Å²) >= 11 is 0. The third-order valence-corrected chi connectivity index (χ3v) is 4.38. The molecule has 0 rings (SSSR count). The number of nitrogens with two attached hydrogens (primary N) is 1. The monoisotopic (exact) mass is 235 g/mol. The van der Waals surface area contributed by atoms with Gasteiger partial charge in [-0.1, -0.05) is 13.8 Å². The molecule has 90 valence electrons. The van der Waals surface area contributed by atoms with E-state index >= 15 is 0 Å². The number of hydrogen-bond acceptors (Lipinski definition) is 3. The quantitative estimate of drug-likeness (QED) is 0.493. The van der Waals surface area contributed by atoms with Crippen LogP contribution in [0.3, 0.4) is 0 Å². The van der Waals surface area contributed by atoms with E-state index in [4.69, 9.17) is 11.1 Å². The zero-order chi connectivity index (χ0) is 12.5. The van der Waals surface area contributed by atoms with Crippen molar-refractivity contribution in [2.45, 2.75) is 39.4 Å². The van der Waals surface area contributed by atoms with Crippen molar-refractivity contribution in [1.29, 1.82) is 5.41 Å². The van der Waals surface area contributed by atoms with Crippen LogP contribution in [0.25, 0.3) is 0 Å². The molecule has 0 aliphatic heterocycles. The first kappa shape index (κ1) is 14.4. The highest BCUT2D eigenvalue weighted by Crippen LogP contribution is 2.17. The van der Waals surface area contributed by atoms with E-state index in [1.807, 2.05) is 0 Å². The van der Waals surface area contributed by atoms with E-state index in [1.165, 1.54) is 0 Å². The van der Waals surface area contributed by atoms with Gasteiger partial charge in [-0.25, -0.2) is 13.1 Å². The molecule has 0 heterocycles. The topological polar surface area (TPSA) is 96.0 Å². The molecule has 0 aromatic heterocycles. The minimum atomic E-state index is -3.37. The van der Waals surface area contributed by atoms with Crippen molar-refractivity contribution >= 4 is 15.9 Å². The summed E-state index contributed by atoms with van der Waals surface area (Å²) < 4.78 is 25.0. The average molecular weight is 235 g/mol. The van der Waals surface area contributed by atoms with Crippen LogP contribution in [0, 0.1) is 10.8 Å². The Morgan fingerprint density at radius 2 is 1.67 bits per heavy atom. The maximum absolute atomic E-state index is 11.7. The van der Waals surface area contributed by atoms with Crippen LogP contribution in [0.15, 0.2) is 0 Å². The number of rotatable bonds is 4. The highest BCUT2D eigenvalue weighted by Gasteiger charge is 2.31. The molecule has 6 heteroatoms. The van der Waals surface area contributed by atoms with Crippen LogP contribution in [-0.2, 0) is 10.0 Å². The van der Waals surface area contributed by atoms with Crippen molar-refractivity contribution in [2.75, 3.05) is 6.54 Å². The van der Waals surface area contributed by atoms with Crippen LogP contribution in [-0.4, -0.2) is 25.5 Å². The number of hydrogen-bond donors (Lipinski definition) is 3. The average Bonchev–Trinajstić information content (AvgIpc) is 1.99. The molecule has 15 heavy (non-hydrogen) atoms. The standard InChI is InChI=1S/C9H21N3O2S/c1-8(2,3)15(13,14)12-6-9(4,5)7(10)11/h12H,6H2,1-5H3,(H3,10,11). The summed E-state index contributed by atoms with van der Waals surface area (Å²) in [7, 11) is -3.37. The van der Waals surface area contributed by atoms with E-state index in [-0.39, 0.29) is 12.4 Å². The lowest BCUT2D eigenvalue weighted by Gasteiger charge is -2.26. The summed E-state index contributed by atoms with van der Waals surface area (Å²) in [5.74, 6) is -0.0286. The molecule has 0 aromatic carbocycles. The molecule has 0 aliphatic carbocycles. The van der Waals surface area contributed by atoms with Gasteiger partial charge in [0.25, 0.3) is 0 Å². The van der Waals surface area contributed by atoms with Crippen LogP contribution in [0.4, 0.5) is 0 Å². The maximum atomic E-state index is 11.7. The molecule has 0 aliphatic rings. The third kappa shape index (κ3) is 3.79. The van der Waals surface area contributed by atoms with E-state index in [1.54, 1.807) is 34.6 Å². The van der Waals surface area contributed by atoms with Gasteiger partial charge in [0.05, 0.1) is 10.6 Å². The molecule has 0 saturated heterocycles. The SMILES string of the molecule is CC(C)(CNS(=O)(=O)C(C)(C)C)C(=N)N. The van der Waals surface area contributed by atoms with Crippen molar-refractivity contribution in [3.05, 3.63) is 0 Å². The Labute approximate surface area is 92.0 Å². The predicted octanol–water partition coefficient (Wildman–Crippen LogP) is 0.666. The van der Waals surface area contributed by atoms with Crippen molar-refractivity contribution < 1.29 is 8.42 Å². The molecule has 0 spiro atoms. The van der Waals surface area contributed by atoms with Crippen LogP contribution in [0.5, 0.6) is 0 Å². The molecule has 0 radical (unpaired) electrons. The highest BCUT2D eigenvalue weighted by atomic mass is 32.2. The van der Waals surface area contributed by atoms with Crippen LogP contribution >= 0.6 is 0 Å². The molecule has 0 unspecified atom stereocenters. The largest absolute Gasteiger partial charge is 0.387 e. The molecule has 5 nitrogen and oxygen atoms in total. The van der Waals surface area contributed by atoms with Gasteiger partial charge in [-0.05, 0) is 20.8 Å². The Kier molecular flexibility index (Phi) is 3.93. The van der Waals surface area contributed by atoms with E-state index in [0.29, 0.717) is 0 Å². The molecule has 0 amide bonds. The van der Waals surface area contributed by atoms with Crippen molar-refractivity contribution in [3.63, 3.8) is 0 Å². The Morgan fingerprint density at radius 3 is 1.93 bits per heavy atom. The fourth-order valence-electron chi connectivity index (χ4n) is 0.587. The van der Waals surface area contributed by atoms with Crippen molar-refractivity contribution in [1.82, 2.24) is 4.72 Å².